The lowest BCUT2D eigenvalue weighted by atomic mass is 9.80. The molecule has 0 fully saturated rings. The van der Waals surface area contributed by atoms with E-state index in [0.29, 0.717) is 17.0 Å². The van der Waals surface area contributed by atoms with E-state index in [1.54, 1.807) is 58.0 Å². The third-order valence-electron chi connectivity index (χ3n) is 5.14. The van der Waals surface area contributed by atoms with Gasteiger partial charge in [-0.25, -0.2) is 19.2 Å². The van der Waals surface area contributed by atoms with E-state index in [1.807, 2.05) is 0 Å². The van der Waals surface area contributed by atoms with Crippen LogP contribution in [0.15, 0.2) is 52.9 Å². The summed E-state index contributed by atoms with van der Waals surface area (Å²) in [4.78, 5) is 50.4. The molecular formula is C25H31NO8. The summed E-state index contributed by atoms with van der Waals surface area (Å²) in [7, 11) is 0. The van der Waals surface area contributed by atoms with Crippen molar-refractivity contribution in [3.05, 3.63) is 58.4 Å². The van der Waals surface area contributed by atoms with Crippen LogP contribution in [0, 0.1) is 0 Å². The van der Waals surface area contributed by atoms with Crippen LogP contribution < -0.4 is 5.32 Å². The molecule has 0 bridgehead atoms. The lowest BCUT2D eigenvalue weighted by Crippen LogP contribution is -2.36. The first-order chi connectivity index (χ1) is 16.1. The summed E-state index contributed by atoms with van der Waals surface area (Å²) >= 11 is 0. The summed E-state index contributed by atoms with van der Waals surface area (Å²) in [5.74, 6) is -3.77. The zero-order valence-electron chi connectivity index (χ0n) is 20.3. The zero-order valence-corrected chi connectivity index (χ0v) is 20.3. The average molecular weight is 474 g/mol. The number of esters is 4. The normalized spacial score (nSPS) is 15.7. The number of benzene rings is 1. The van der Waals surface area contributed by atoms with Crippen molar-refractivity contribution < 1.29 is 38.1 Å². The molecule has 0 aromatic heterocycles. The van der Waals surface area contributed by atoms with Gasteiger partial charge in [-0.2, -0.15) is 0 Å². The molecule has 0 amide bonds. The van der Waals surface area contributed by atoms with Crippen molar-refractivity contribution in [3.8, 4) is 0 Å². The Kier molecular flexibility index (Phi) is 9.41. The largest absolute Gasteiger partial charge is 0.463 e. The molecule has 0 saturated carbocycles. The second kappa shape index (κ2) is 12.0. The van der Waals surface area contributed by atoms with E-state index in [2.05, 4.69) is 5.32 Å². The Morgan fingerprint density at radius 2 is 1.21 bits per heavy atom. The Labute approximate surface area is 199 Å². The molecule has 34 heavy (non-hydrogen) atoms. The number of carbonyl (C=O) groups excluding carboxylic acids is 4. The fourth-order valence-corrected chi connectivity index (χ4v) is 3.58. The monoisotopic (exact) mass is 473 g/mol. The third-order valence-corrected chi connectivity index (χ3v) is 5.14. The molecule has 0 aliphatic carbocycles. The van der Waals surface area contributed by atoms with Crippen molar-refractivity contribution in [1.82, 2.24) is 5.32 Å². The molecule has 9 nitrogen and oxygen atoms in total. The number of hydrogen-bond donors (Lipinski definition) is 1. The summed E-state index contributed by atoms with van der Waals surface area (Å²) in [5, 5.41) is 3.02. The maximum absolute atomic E-state index is 13.2. The number of hydrogen-bond acceptors (Lipinski definition) is 9. The Balaban J connectivity index is 2.45. The van der Waals surface area contributed by atoms with Gasteiger partial charge in [0.25, 0.3) is 0 Å². The molecule has 1 aliphatic heterocycles. The molecule has 1 aromatic carbocycles. The highest BCUT2D eigenvalue weighted by molar-refractivity contribution is 6.01. The molecule has 0 saturated heterocycles. The van der Waals surface area contributed by atoms with Crippen LogP contribution in [-0.4, -0.2) is 49.3 Å². The van der Waals surface area contributed by atoms with Crippen molar-refractivity contribution in [3.63, 3.8) is 0 Å². The van der Waals surface area contributed by atoms with Crippen LogP contribution in [0.2, 0.25) is 0 Å². The lowest BCUT2D eigenvalue weighted by Gasteiger charge is -2.31. The quantitative estimate of drug-likeness (QED) is 0.427. The van der Waals surface area contributed by atoms with Gasteiger partial charge in [0.2, 0.25) is 0 Å². The van der Waals surface area contributed by atoms with Gasteiger partial charge >= 0.3 is 23.9 Å². The number of nitrogens with one attached hydrogen (secondary N) is 1. The van der Waals surface area contributed by atoms with Crippen LogP contribution in [0.4, 0.5) is 0 Å². The highest BCUT2D eigenvalue weighted by Crippen LogP contribution is 2.39. The van der Waals surface area contributed by atoms with Crippen LogP contribution in [0.5, 0.6) is 0 Å². The number of carbonyl (C=O) groups is 4. The van der Waals surface area contributed by atoms with E-state index in [0.717, 1.165) is 0 Å². The first kappa shape index (κ1) is 26.6. The van der Waals surface area contributed by atoms with Crippen molar-refractivity contribution in [1.29, 1.82) is 0 Å². The number of ether oxygens (including phenoxy) is 4. The Morgan fingerprint density at radius 3 is 1.59 bits per heavy atom. The van der Waals surface area contributed by atoms with E-state index < -0.39 is 42.0 Å². The zero-order chi connectivity index (χ0) is 25.4. The highest BCUT2D eigenvalue weighted by atomic mass is 16.6. The second-order valence-electron chi connectivity index (χ2n) is 7.65. The van der Waals surface area contributed by atoms with E-state index in [1.165, 1.54) is 13.8 Å². The standard InChI is InChI=1S/C25H31NO8/c1-7-31-22(27)16(5)33-24(29)19-14(3)26-15(4)20(21(19)18-12-10-9-11-13-18)25(30)34-17(6)23(28)32-8-2/h9-13,16-17,21,26H,7-8H2,1-6H3/t16-,17-/m0/s1. The molecule has 9 heteroatoms. The van der Waals surface area contributed by atoms with Gasteiger partial charge in [-0.05, 0) is 47.1 Å². The topological polar surface area (TPSA) is 117 Å². The molecule has 0 spiro atoms. The average Bonchev–Trinajstić information content (AvgIpc) is 2.79. The van der Waals surface area contributed by atoms with Gasteiger partial charge in [0.05, 0.1) is 30.3 Å². The highest BCUT2D eigenvalue weighted by Gasteiger charge is 2.39. The van der Waals surface area contributed by atoms with E-state index in [9.17, 15) is 19.2 Å². The Hall–Kier alpha value is -3.62. The summed E-state index contributed by atoms with van der Waals surface area (Å²) in [6.45, 7) is 9.77. The lowest BCUT2D eigenvalue weighted by molar-refractivity contribution is -0.164. The molecule has 1 N–H and O–H groups in total. The minimum absolute atomic E-state index is 0.142. The van der Waals surface area contributed by atoms with Gasteiger partial charge < -0.3 is 24.3 Å². The smallest absolute Gasteiger partial charge is 0.347 e. The number of rotatable bonds is 9. The Bertz CT molecular complexity index is 935. The maximum atomic E-state index is 13.2. The van der Waals surface area contributed by atoms with Crippen molar-refractivity contribution in [2.24, 2.45) is 0 Å². The van der Waals surface area contributed by atoms with Crippen molar-refractivity contribution in [2.75, 3.05) is 13.2 Å². The van der Waals surface area contributed by atoms with Crippen LogP contribution in [0.3, 0.4) is 0 Å². The number of dihydropyridines is 1. The molecule has 1 aromatic rings. The summed E-state index contributed by atoms with van der Waals surface area (Å²) in [5.41, 5.74) is 1.84. The summed E-state index contributed by atoms with van der Waals surface area (Å²) in [6.07, 6.45) is -2.29. The van der Waals surface area contributed by atoms with E-state index in [4.69, 9.17) is 18.9 Å². The maximum Gasteiger partial charge on any atom is 0.347 e. The fourth-order valence-electron chi connectivity index (χ4n) is 3.58. The van der Waals surface area contributed by atoms with Gasteiger partial charge in [-0.15, -0.1) is 0 Å². The van der Waals surface area contributed by atoms with Crippen LogP contribution >= 0.6 is 0 Å². The molecule has 184 valence electrons. The predicted molar refractivity (Wildman–Crippen MR) is 122 cm³/mol. The predicted octanol–water partition coefficient (Wildman–Crippen LogP) is 2.91. The van der Waals surface area contributed by atoms with Crippen LogP contribution in [0.25, 0.3) is 0 Å². The van der Waals surface area contributed by atoms with Gasteiger partial charge in [0.15, 0.2) is 12.2 Å². The molecular weight excluding hydrogens is 442 g/mol. The molecule has 1 aliphatic rings. The molecule has 0 radical (unpaired) electrons. The molecule has 2 atom stereocenters. The van der Waals surface area contributed by atoms with Gasteiger partial charge in [0.1, 0.15) is 0 Å². The van der Waals surface area contributed by atoms with Crippen molar-refractivity contribution >= 4 is 23.9 Å². The Morgan fingerprint density at radius 1 is 0.794 bits per heavy atom. The third kappa shape index (κ3) is 6.24. The first-order valence-electron chi connectivity index (χ1n) is 11.1. The first-order valence-corrected chi connectivity index (χ1v) is 11.1. The molecule has 2 rings (SSSR count). The van der Waals surface area contributed by atoms with Gasteiger partial charge in [-0.1, -0.05) is 30.3 Å². The summed E-state index contributed by atoms with van der Waals surface area (Å²) in [6, 6.07) is 8.88. The molecule has 1 heterocycles. The second-order valence-corrected chi connectivity index (χ2v) is 7.65. The minimum atomic E-state index is -1.14. The minimum Gasteiger partial charge on any atom is -0.463 e. The van der Waals surface area contributed by atoms with Gasteiger partial charge in [-0.3, -0.25) is 0 Å². The summed E-state index contributed by atoms with van der Waals surface area (Å²) < 4.78 is 20.6. The van der Waals surface area contributed by atoms with Gasteiger partial charge in [0, 0.05) is 11.4 Å². The van der Waals surface area contributed by atoms with Crippen molar-refractivity contribution in [2.45, 2.75) is 59.7 Å². The van der Waals surface area contributed by atoms with Crippen LogP contribution in [0.1, 0.15) is 53.0 Å². The van der Waals surface area contributed by atoms with Crippen LogP contribution in [-0.2, 0) is 38.1 Å². The SMILES string of the molecule is CCOC(=O)[C@H](C)OC(=O)C1=C(C)NC(C)=C(C(=O)O[C@@H](C)C(=O)OCC)C1c1ccccc1. The van der Waals surface area contributed by atoms with E-state index >= 15 is 0 Å². The molecule has 0 unspecified atom stereocenters. The van der Waals surface area contributed by atoms with E-state index in [-0.39, 0.29) is 24.4 Å². The number of allylic oxidation sites excluding steroid dienone is 2. The fraction of sp³-hybridized carbons (Fsp3) is 0.440.